The molecule has 0 radical (unpaired) electrons. The van der Waals surface area contributed by atoms with E-state index in [-0.39, 0.29) is 6.10 Å². The predicted molar refractivity (Wildman–Crippen MR) is 91.9 cm³/mol. The number of rotatable bonds is 7. The third-order valence-corrected chi connectivity index (χ3v) is 4.59. The molecule has 21 heavy (non-hydrogen) atoms. The minimum Gasteiger partial charge on any atom is -0.490 e. The molecule has 1 fully saturated rings. The van der Waals surface area contributed by atoms with Crippen LogP contribution in [0.4, 0.5) is 0 Å². The summed E-state index contributed by atoms with van der Waals surface area (Å²) >= 11 is 3.59. The van der Waals surface area contributed by atoms with Crippen LogP contribution in [0, 0.1) is 0 Å². The van der Waals surface area contributed by atoms with Gasteiger partial charge in [0.25, 0.3) is 0 Å². The monoisotopic (exact) mass is 354 g/mol. The minimum atomic E-state index is 0.202. The molecule has 4 heteroatoms. The lowest BCUT2D eigenvalue weighted by atomic mass is 10.2. The average molecular weight is 355 g/mol. The summed E-state index contributed by atoms with van der Waals surface area (Å²) in [6.45, 7) is 10.8. The topological polar surface area (TPSA) is 24.5 Å². The Morgan fingerprint density at radius 1 is 1.43 bits per heavy atom. The molecule has 1 heterocycles. The fraction of sp³-hybridized carbons (Fsp3) is 0.647. The predicted octanol–water partition coefficient (Wildman–Crippen LogP) is 3.81. The number of nitrogens with zero attached hydrogens (tertiary/aromatic N) is 1. The van der Waals surface area contributed by atoms with Crippen molar-refractivity contribution in [3.63, 3.8) is 0 Å². The number of benzene rings is 1. The Labute approximate surface area is 137 Å². The molecule has 0 bridgehead atoms. The fourth-order valence-electron chi connectivity index (χ4n) is 2.93. The Morgan fingerprint density at radius 3 is 2.90 bits per heavy atom. The van der Waals surface area contributed by atoms with Crippen LogP contribution < -0.4 is 10.1 Å². The molecule has 0 aliphatic carbocycles. The van der Waals surface area contributed by atoms with Gasteiger partial charge in [0.15, 0.2) is 0 Å². The molecule has 0 amide bonds. The van der Waals surface area contributed by atoms with Gasteiger partial charge < -0.3 is 10.1 Å². The van der Waals surface area contributed by atoms with Crippen LogP contribution in [-0.2, 0) is 6.54 Å². The van der Waals surface area contributed by atoms with Crippen molar-refractivity contribution in [3.05, 3.63) is 28.2 Å². The third-order valence-electron chi connectivity index (χ3n) is 3.97. The van der Waals surface area contributed by atoms with Gasteiger partial charge in [-0.15, -0.1) is 0 Å². The largest absolute Gasteiger partial charge is 0.490 e. The van der Waals surface area contributed by atoms with E-state index in [9.17, 15) is 0 Å². The maximum Gasteiger partial charge on any atom is 0.133 e. The summed E-state index contributed by atoms with van der Waals surface area (Å²) in [5.74, 6) is 0.918. The van der Waals surface area contributed by atoms with Crippen LogP contribution in [0.2, 0.25) is 0 Å². The number of likely N-dealkylation sites (tertiary alicyclic amines) is 1. The van der Waals surface area contributed by atoms with Crippen LogP contribution in [0.5, 0.6) is 5.75 Å². The zero-order valence-corrected chi connectivity index (χ0v) is 14.9. The Balaban J connectivity index is 1.82. The van der Waals surface area contributed by atoms with E-state index in [0.717, 1.165) is 23.3 Å². The molecule has 2 rings (SSSR count). The second-order valence-corrected chi connectivity index (χ2v) is 6.84. The van der Waals surface area contributed by atoms with Crippen LogP contribution in [0.3, 0.4) is 0 Å². The molecule has 1 aromatic carbocycles. The van der Waals surface area contributed by atoms with Gasteiger partial charge in [-0.05, 0) is 73.4 Å². The molecule has 1 saturated heterocycles. The van der Waals surface area contributed by atoms with Crippen LogP contribution in [0.25, 0.3) is 0 Å². The van der Waals surface area contributed by atoms with Crippen molar-refractivity contribution in [2.75, 3.05) is 19.6 Å². The molecule has 1 atom stereocenters. The first-order valence-corrected chi connectivity index (χ1v) is 8.79. The number of ether oxygens (including phenoxy) is 1. The number of hydrogen-bond acceptors (Lipinski definition) is 3. The van der Waals surface area contributed by atoms with Crippen molar-refractivity contribution in [3.8, 4) is 5.75 Å². The first-order valence-electron chi connectivity index (χ1n) is 8.00. The zero-order chi connectivity index (χ0) is 15.2. The molecule has 0 saturated carbocycles. The molecule has 1 aliphatic heterocycles. The van der Waals surface area contributed by atoms with E-state index in [2.05, 4.69) is 51.3 Å². The van der Waals surface area contributed by atoms with E-state index in [1.807, 2.05) is 13.8 Å². The van der Waals surface area contributed by atoms with Gasteiger partial charge in [0.2, 0.25) is 0 Å². The Morgan fingerprint density at radius 2 is 2.24 bits per heavy atom. The number of nitrogens with one attached hydrogen (secondary N) is 1. The lowest BCUT2D eigenvalue weighted by molar-refractivity contribution is 0.240. The minimum absolute atomic E-state index is 0.202. The Bertz CT molecular complexity index is 450. The van der Waals surface area contributed by atoms with Crippen LogP contribution >= 0.6 is 15.9 Å². The lowest BCUT2D eigenvalue weighted by Gasteiger charge is -2.23. The molecule has 1 aliphatic rings. The van der Waals surface area contributed by atoms with E-state index < -0.39 is 0 Å². The van der Waals surface area contributed by atoms with Gasteiger partial charge in [-0.25, -0.2) is 0 Å². The molecular weight excluding hydrogens is 328 g/mol. The zero-order valence-electron chi connectivity index (χ0n) is 13.4. The van der Waals surface area contributed by atoms with Crippen molar-refractivity contribution in [1.29, 1.82) is 0 Å². The standard InChI is InChI=1S/C17H27BrN2O/c1-4-20-9-5-6-15(20)12-19-11-14-7-8-17(16(18)10-14)21-13(2)3/h7-8,10,13,15,19H,4-6,9,11-12H2,1-3H3/t15-/m1/s1. The highest BCUT2D eigenvalue weighted by Gasteiger charge is 2.22. The first kappa shape index (κ1) is 16.8. The highest BCUT2D eigenvalue weighted by molar-refractivity contribution is 9.10. The molecule has 0 aromatic heterocycles. The average Bonchev–Trinajstić information content (AvgIpc) is 2.89. The van der Waals surface area contributed by atoms with Crippen molar-refractivity contribution >= 4 is 15.9 Å². The molecular formula is C17H27BrN2O. The molecule has 0 spiro atoms. The number of halogens is 1. The normalized spacial score (nSPS) is 19.4. The fourth-order valence-corrected chi connectivity index (χ4v) is 3.45. The van der Waals surface area contributed by atoms with Crippen molar-refractivity contribution in [2.24, 2.45) is 0 Å². The van der Waals surface area contributed by atoms with Crippen LogP contribution in [0.15, 0.2) is 22.7 Å². The maximum atomic E-state index is 5.74. The van der Waals surface area contributed by atoms with Crippen LogP contribution in [0.1, 0.15) is 39.2 Å². The summed E-state index contributed by atoms with van der Waals surface area (Å²) in [6, 6.07) is 7.05. The molecule has 1 N–H and O–H groups in total. The molecule has 3 nitrogen and oxygen atoms in total. The summed E-state index contributed by atoms with van der Waals surface area (Å²) < 4.78 is 6.77. The van der Waals surface area contributed by atoms with E-state index in [1.54, 1.807) is 0 Å². The highest BCUT2D eigenvalue weighted by Crippen LogP contribution is 2.27. The first-order chi connectivity index (χ1) is 10.1. The van der Waals surface area contributed by atoms with E-state index in [1.165, 1.54) is 31.5 Å². The van der Waals surface area contributed by atoms with Gasteiger partial charge in [0, 0.05) is 19.1 Å². The summed E-state index contributed by atoms with van der Waals surface area (Å²) in [5.41, 5.74) is 1.29. The van der Waals surface area contributed by atoms with Crippen molar-refractivity contribution in [2.45, 2.75) is 52.3 Å². The smallest absolute Gasteiger partial charge is 0.133 e. The summed E-state index contributed by atoms with van der Waals surface area (Å²) in [5, 5.41) is 3.59. The summed E-state index contributed by atoms with van der Waals surface area (Å²) in [7, 11) is 0. The molecule has 0 unspecified atom stereocenters. The van der Waals surface area contributed by atoms with Gasteiger partial charge >= 0.3 is 0 Å². The van der Waals surface area contributed by atoms with Gasteiger partial charge in [-0.1, -0.05) is 13.0 Å². The number of hydrogen-bond donors (Lipinski definition) is 1. The van der Waals surface area contributed by atoms with E-state index in [0.29, 0.717) is 6.04 Å². The third kappa shape index (κ3) is 4.97. The second kappa shape index (κ2) is 8.16. The number of likely N-dealkylation sites (N-methyl/N-ethyl adjacent to an activating group) is 1. The van der Waals surface area contributed by atoms with Gasteiger partial charge in [-0.3, -0.25) is 4.90 Å². The van der Waals surface area contributed by atoms with Crippen molar-refractivity contribution in [1.82, 2.24) is 10.2 Å². The van der Waals surface area contributed by atoms with E-state index in [4.69, 9.17) is 4.74 Å². The quantitative estimate of drug-likeness (QED) is 0.805. The Kier molecular flexibility index (Phi) is 6.52. The Hall–Kier alpha value is -0.580. The maximum absolute atomic E-state index is 5.74. The van der Waals surface area contributed by atoms with Crippen molar-refractivity contribution < 1.29 is 4.74 Å². The second-order valence-electron chi connectivity index (χ2n) is 5.99. The van der Waals surface area contributed by atoms with Gasteiger partial charge in [0.1, 0.15) is 5.75 Å². The summed E-state index contributed by atoms with van der Waals surface area (Å²) in [4.78, 5) is 2.57. The lowest BCUT2D eigenvalue weighted by Crippen LogP contribution is -2.37. The SMILES string of the molecule is CCN1CCC[C@@H]1CNCc1ccc(OC(C)C)c(Br)c1. The summed E-state index contributed by atoms with van der Waals surface area (Å²) in [6.07, 6.45) is 2.87. The van der Waals surface area contributed by atoms with Gasteiger partial charge in [-0.2, -0.15) is 0 Å². The molecule has 1 aromatic rings. The molecule has 118 valence electrons. The van der Waals surface area contributed by atoms with E-state index >= 15 is 0 Å². The highest BCUT2D eigenvalue weighted by atomic mass is 79.9. The van der Waals surface area contributed by atoms with Gasteiger partial charge in [0.05, 0.1) is 10.6 Å². The van der Waals surface area contributed by atoms with Crippen LogP contribution in [-0.4, -0.2) is 36.7 Å².